The van der Waals surface area contributed by atoms with Crippen LogP contribution < -0.4 is 0 Å². The number of rotatable bonds is 0. The molecule has 2 aliphatic heterocycles. The summed E-state index contributed by atoms with van der Waals surface area (Å²) in [5.74, 6) is 0.357. The van der Waals surface area contributed by atoms with Gasteiger partial charge in [0.1, 0.15) is 0 Å². The van der Waals surface area contributed by atoms with Gasteiger partial charge in [0.25, 0.3) is 0 Å². The number of aliphatic hydroxyl groups is 1. The van der Waals surface area contributed by atoms with Crippen LogP contribution in [0.3, 0.4) is 0 Å². The highest BCUT2D eigenvalue weighted by Gasteiger charge is 2.29. The van der Waals surface area contributed by atoms with Crippen LogP contribution in [0.4, 0.5) is 0 Å². The summed E-state index contributed by atoms with van der Waals surface area (Å²) in [5.41, 5.74) is 2.28. The van der Waals surface area contributed by atoms with Crippen LogP contribution in [-0.4, -0.2) is 21.7 Å². The lowest BCUT2D eigenvalue weighted by Gasteiger charge is -2.23. The van der Waals surface area contributed by atoms with Gasteiger partial charge in [-0.2, -0.15) is 0 Å². The maximum Gasteiger partial charge on any atom is 0.203 e. The molecule has 0 spiro atoms. The number of hydrogen-bond donors (Lipinski definition) is 1. The molecule has 0 aromatic heterocycles. The summed E-state index contributed by atoms with van der Waals surface area (Å²) < 4.78 is 0. The van der Waals surface area contributed by atoms with Crippen LogP contribution >= 0.6 is 11.8 Å². The predicted octanol–water partition coefficient (Wildman–Crippen LogP) is 2.45. The first-order chi connectivity index (χ1) is 6.09. The fraction of sp³-hybridized carbons (Fsp3) is 0.444. The summed E-state index contributed by atoms with van der Waals surface area (Å²) >= 11 is 1.53. The molecule has 0 amide bonds. The third-order valence-corrected chi connectivity index (χ3v) is 3.31. The summed E-state index contributed by atoms with van der Waals surface area (Å²) in [4.78, 5) is 7.19. The third kappa shape index (κ3) is 1.25. The van der Waals surface area contributed by atoms with Gasteiger partial charge in [-0.3, -0.25) is 4.90 Å². The Bertz CT molecular complexity index is 355. The Hall–Kier alpha value is -0.900. The molecule has 0 unspecified atom stereocenters. The van der Waals surface area contributed by atoms with E-state index in [1.807, 2.05) is 25.7 Å². The molecule has 3 nitrogen and oxygen atoms in total. The lowest BCUT2D eigenvalue weighted by atomic mass is 10.2. The standard InChI is InChI=1S/C9H12N2OS/c1-5-4-11-8(12)7(3)13-9(11)10-6(5)2/h12H,4H2,1-3H3. The first-order valence-corrected chi connectivity index (χ1v) is 5.01. The molecule has 0 saturated carbocycles. The Morgan fingerprint density at radius 1 is 1.38 bits per heavy atom. The van der Waals surface area contributed by atoms with Crippen LogP contribution in [0.25, 0.3) is 0 Å². The van der Waals surface area contributed by atoms with Crippen LogP contribution in [0.1, 0.15) is 20.8 Å². The first-order valence-electron chi connectivity index (χ1n) is 4.20. The quantitative estimate of drug-likeness (QED) is 0.646. The molecule has 13 heavy (non-hydrogen) atoms. The minimum atomic E-state index is 0.357. The van der Waals surface area contributed by atoms with Crippen LogP contribution in [-0.2, 0) is 0 Å². The van der Waals surface area contributed by atoms with E-state index in [9.17, 15) is 5.11 Å². The van der Waals surface area contributed by atoms with E-state index in [1.54, 1.807) is 0 Å². The van der Waals surface area contributed by atoms with Gasteiger partial charge in [-0.1, -0.05) is 11.8 Å². The smallest absolute Gasteiger partial charge is 0.203 e. The highest BCUT2D eigenvalue weighted by atomic mass is 32.2. The van der Waals surface area contributed by atoms with Crippen molar-refractivity contribution in [2.45, 2.75) is 20.8 Å². The van der Waals surface area contributed by atoms with Gasteiger partial charge in [0.05, 0.1) is 6.54 Å². The Morgan fingerprint density at radius 2 is 2.08 bits per heavy atom. The summed E-state index contributed by atoms with van der Waals surface area (Å²) in [6, 6.07) is 0. The minimum absolute atomic E-state index is 0.357. The largest absolute Gasteiger partial charge is 0.494 e. The van der Waals surface area contributed by atoms with Gasteiger partial charge in [0, 0.05) is 10.6 Å². The maximum atomic E-state index is 9.68. The lowest BCUT2D eigenvalue weighted by molar-refractivity contribution is 0.286. The van der Waals surface area contributed by atoms with Gasteiger partial charge in [-0.25, -0.2) is 4.99 Å². The topological polar surface area (TPSA) is 35.8 Å². The number of hydrogen-bond acceptors (Lipinski definition) is 4. The van der Waals surface area contributed by atoms with E-state index in [0.29, 0.717) is 5.88 Å². The molecule has 2 heterocycles. The molecule has 0 bridgehead atoms. The summed E-state index contributed by atoms with van der Waals surface area (Å²) in [6.07, 6.45) is 0. The van der Waals surface area contributed by atoms with Crippen molar-refractivity contribution in [3.63, 3.8) is 0 Å². The predicted molar refractivity (Wildman–Crippen MR) is 55.4 cm³/mol. The second-order valence-corrected chi connectivity index (χ2v) is 4.51. The van der Waals surface area contributed by atoms with E-state index in [2.05, 4.69) is 4.99 Å². The van der Waals surface area contributed by atoms with E-state index in [0.717, 1.165) is 22.3 Å². The van der Waals surface area contributed by atoms with Crippen LogP contribution in [0.15, 0.2) is 27.1 Å². The number of aliphatic imine (C=N–C) groups is 1. The molecule has 0 atom stereocenters. The normalized spacial score (nSPS) is 22.4. The molecular formula is C9H12N2OS. The zero-order valence-corrected chi connectivity index (χ0v) is 8.77. The van der Waals surface area contributed by atoms with E-state index >= 15 is 0 Å². The molecule has 0 fully saturated rings. The van der Waals surface area contributed by atoms with E-state index < -0.39 is 0 Å². The highest BCUT2D eigenvalue weighted by Crippen LogP contribution is 2.35. The SMILES string of the molecule is CC1=C(C)N=C2SC(C)=C(O)N2C1. The van der Waals surface area contributed by atoms with Crippen molar-refractivity contribution in [1.29, 1.82) is 0 Å². The number of fused-ring (bicyclic) bond motifs is 1. The molecule has 0 aliphatic carbocycles. The molecule has 0 radical (unpaired) electrons. The number of thioether (sulfide) groups is 1. The number of allylic oxidation sites excluding steroid dienone is 2. The zero-order valence-electron chi connectivity index (χ0n) is 7.96. The van der Waals surface area contributed by atoms with Crippen LogP contribution in [0.5, 0.6) is 0 Å². The molecule has 70 valence electrons. The van der Waals surface area contributed by atoms with E-state index in [-0.39, 0.29) is 0 Å². The Morgan fingerprint density at radius 3 is 2.77 bits per heavy atom. The van der Waals surface area contributed by atoms with Crippen molar-refractivity contribution in [2.24, 2.45) is 4.99 Å². The molecule has 1 N–H and O–H groups in total. The fourth-order valence-corrected chi connectivity index (χ4v) is 2.25. The van der Waals surface area contributed by atoms with Crippen molar-refractivity contribution in [3.8, 4) is 0 Å². The fourth-order valence-electron chi connectivity index (χ4n) is 1.33. The van der Waals surface area contributed by atoms with Gasteiger partial charge >= 0.3 is 0 Å². The zero-order chi connectivity index (χ0) is 9.59. The van der Waals surface area contributed by atoms with Gasteiger partial charge in [0.15, 0.2) is 5.17 Å². The van der Waals surface area contributed by atoms with Crippen molar-refractivity contribution >= 4 is 16.9 Å². The Labute approximate surface area is 81.8 Å². The summed E-state index contributed by atoms with van der Waals surface area (Å²) in [5, 5.41) is 10.6. The molecule has 0 aromatic carbocycles. The second-order valence-electron chi connectivity index (χ2n) is 3.33. The molecular weight excluding hydrogens is 184 g/mol. The van der Waals surface area contributed by atoms with Gasteiger partial charge < -0.3 is 5.11 Å². The van der Waals surface area contributed by atoms with Crippen molar-refractivity contribution in [1.82, 2.24) is 4.90 Å². The monoisotopic (exact) mass is 196 g/mol. The molecule has 4 heteroatoms. The second kappa shape index (κ2) is 2.80. The summed E-state index contributed by atoms with van der Waals surface area (Å²) in [7, 11) is 0. The average Bonchev–Trinajstić information content (AvgIpc) is 2.32. The number of nitrogens with zero attached hydrogens (tertiary/aromatic N) is 2. The van der Waals surface area contributed by atoms with E-state index in [1.165, 1.54) is 17.3 Å². The molecule has 2 rings (SSSR count). The van der Waals surface area contributed by atoms with Crippen molar-refractivity contribution in [2.75, 3.05) is 6.54 Å². The molecule has 0 aromatic rings. The van der Waals surface area contributed by atoms with Crippen molar-refractivity contribution < 1.29 is 5.11 Å². The van der Waals surface area contributed by atoms with Gasteiger partial charge in [-0.15, -0.1) is 0 Å². The van der Waals surface area contributed by atoms with Crippen molar-refractivity contribution in [3.05, 3.63) is 22.1 Å². The highest BCUT2D eigenvalue weighted by molar-refractivity contribution is 8.17. The van der Waals surface area contributed by atoms with E-state index in [4.69, 9.17) is 0 Å². The van der Waals surface area contributed by atoms with Crippen LogP contribution in [0.2, 0.25) is 0 Å². The number of aliphatic hydroxyl groups excluding tert-OH is 1. The summed E-state index contributed by atoms with van der Waals surface area (Å²) in [6.45, 7) is 6.72. The van der Waals surface area contributed by atoms with Gasteiger partial charge in [-0.05, 0) is 26.3 Å². The molecule has 0 saturated heterocycles. The molecule has 2 aliphatic rings. The Balaban J connectivity index is 2.37. The third-order valence-electron chi connectivity index (χ3n) is 2.32. The minimum Gasteiger partial charge on any atom is -0.494 e. The van der Waals surface area contributed by atoms with Gasteiger partial charge in [0.2, 0.25) is 5.88 Å². The number of amidine groups is 1. The average molecular weight is 196 g/mol. The Kier molecular flexibility index (Phi) is 1.87. The maximum absolute atomic E-state index is 9.68. The first kappa shape index (κ1) is 8.69. The lowest BCUT2D eigenvalue weighted by Crippen LogP contribution is -2.29. The van der Waals surface area contributed by atoms with Crippen LogP contribution in [0, 0.1) is 0 Å².